The lowest BCUT2D eigenvalue weighted by molar-refractivity contribution is 0.0945. The van der Waals surface area contributed by atoms with Crippen LogP contribution in [0.25, 0.3) is 0 Å². The first kappa shape index (κ1) is 17.5. The first-order valence-electron chi connectivity index (χ1n) is 8.95. The standard InChI is InChI=1S/C20H26N4O/c1-15-9-16(2)13-24(12-15)14-18-6-4-3-5-17(18)10-23-20(25)19-11-21-7-8-22-19/h3-8,11,15-16H,9-10,12-14H2,1-2H3,(H,23,25)/t15-,16+. The largest absolute Gasteiger partial charge is 0.347 e. The van der Waals surface area contributed by atoms with E-state index in [1.807, 2.05) is 6.07 Å². The Labute approximate surface area is 149 Å². The van der Waals surface area contributed by atoms with Crippen molar-refractivity contribution in [1.29, 1.82) is 0 Å². The molecule has 25 heavy (non-hydrogen) atoms. The van der Waals surface area contributed by atoms with E-state index in [0.717, 1.165) is 37.0 Å². The first-order valence-corrected chi connectivity index (χ1v) is 8.95. The molecule has 0 bridgehead atoms. The van der Waals surface area contributed by atoms with Crippen LogP contribution in [-0.2, 0) is 13.1 Å². The monoisotopic (exact) mass is 338 g/mol. The van der Waals surface area contributed by atoms with Gasteiger partial charge in [-0.25, -0.2) is 4.98 Å². The van der Waals surface area contributed by atoms with Crippen LogP contribution >= 0.6 is 0 Å². The van der Waals surface area contributed by atoms with Crippen LogP contribution in [0, 0.1) is 11.8 Å². The highest BCUT2D eigenvalue weighted by molar-refractivity contribution is 5.91. The van der Waals surface area contributed by atoms with Crippen LogP contribution in [0.2, 0.25) is 0 Å². The molecule has 1 aliphatic heterocycles. The summed E-state index contributed by atoms with van der Waals surface area (Å²) in [4.78, 5) is 22.7. The highest BCUT2D eigenvalue weighted by atomic mass is 16.1. The number of nitrogens with one attached hydrogen (secondary N) is 1. The summed E-state index contributed by atoms with van der Waals surface area (Å²) in [6, 6.07) is 8.34. The van der Waals surface area contributed by atoms with Crippen LogP contribution in [0.4, 0.5) is 0 Å². The van der Waals surface area contributed by atoms with Crippen molar-refractivity contribution in [3.63, 3.8) is 0 Å². The van der Waals surface area contributed by atoms with E-state index in [9.17, 15) is 4.79 Å². The molecular weight excluding hydrogens is 312 g/mol. The third kappa shape index (κ3) is 4.86. The predicted molar refractivity (Wildman–Crippen MR) is 97.9 cm³/mol. The molecule has 1 amide bonds. The van der Waals surface area contributed by atoms with Gasteiger partial charge < -0.3 is 5.32 Å². The maximum Gasteiger partial charge on any atom is 0.271 e. The predicted octanol–water partition coefficient (Wildman–Crippen LogP) is 2.88. The topological polar surface area (TPSA) is 58.1 Å². The van der Waals surface area contributed by atoms with Gasteiger partial charge in [-0.05, 0) is 29.4 Å². The molecule has 2 heterocycles. The number of benzene rings is 1. The number of amides is 1. The Morgan fingerprint density at radius 1 is 1.16 bits per heavy atom. The molecule has 1 saturated heterocycles. The van der Waals surface area contributed by atoms with E-state index in [1.165, 1.54) is 24.4 Å². The lowest BCUT2D eigenvalue weighted by Gasteiger charge is -2.35. The second-order valence-electron chi connectivity index (χ2n) is 7.18. The van der Waals surface area contributed by atoms with Crippen molar-refractivity contribution in [2.75, 3.05) is 13.1 Å². The quantitative estimate of drug-likeness (QED) is 0.911. The number of carbonyl (C=O) groups excluding carboxylic acids is 1. The van der Waals surface area contributed by atoms with Gasteiger partial charge in [-0.1, -0.05) is 38.1 Å². The first-order chi connectivity index (χ1) is 12.1. The molecule has 0 saturated carbocycles. The number of piperidine rings is 1. The van der Waals surface area contributed by atoms with Crippen LogP contribution in [0.1, 0.15) is 41.9 Å². The smallest absolute Gasteiger partial charge is 0.271 e. The second-order valence-corrected chi connectivity index (χ2v) is 7.18. The molecule has 1 fully saturated rings. The molecule has 1 aliphatic rings. The molecule has 0 aliphatic carbocycles. The summed E-state index contributed by atoms with van der Waals surface area (Å²) in [5.41, 5.74) is 2.78. The van der Waals surface area contributed by atoms with Crippen LogP contribution in [-0.4, -0.2) is 33.9 Å². The Balaban J connectivity index is 1.64. The summed E-state index contributed by atoms with van der Waals surface area (Å²) in [6.45, 7) is 8.39. The average molecular weight is 338 g/mol. The molecule has 132 valence electrons. The molecule has 2 atom stereocenters. The van der Waals surface area contributed by atoms with E-state index < -0.39 is 0 Å². The van der Waals surface area contributed by atoms with Gasteiger partial charge in [0.05, 0.1) is 6.20 Å². The number of likely N-dealkylation sites (tertiary alicyclic amines) is 1. The molecule has 0 radical (unpaired) electrons. The van der Waals surface area contributed by atoms with Gasteiger partial charge in [-0.15, -0.1) is 0 Å². The van der Waals surface area contributed by atoms with Gasteiger partial charge >= 0.3 is 0 Å². The molecule has 1 N–H and O–H groups in total. The van der Waals surface area contributed by atoms with E-state index in [0.29, 0.717) is 12.2 Å². The van der Waals surface area contributed by atoms with Crippen LogP contribution in [0.5, 0.6) is 0 Å². The second kappa shape index (κ2) is 8.21. The number of aromatic nitrogens is 2. The summed E-state index contributed by atoms with van der Waals surface area (Å²) in [5.74, 6) is 1.29. The molecule has 5 heteroatoms. The van der Waals surface area contributed by atoms with E-state index in [1.54, 1.807) is 6.20 Å². The molecule has 0 unspecified atom stereocenters. The van der Waals surface area contributed by atoms with Gasteiger partial charge in [0.1, 0.15) is 5.69 Å². The van der Waals surface area contributed by atoms with Crippen LogP contribution in [0.15, 0.2) is 42.9 Å². The van der Waals surface area contributed by atoms with Crippen molar-refractivity contribution in [1.82, 2.24) is 20.2 Å². The van der Waals surface area contributed by atoms with Crippen molar-refractivity contribution >= 4 is 5.91 Å². The molecule has 0 spiro atoms. The summed E-state index contributed by atoms with van der Waals surface area (Å²) >= 11 is 0. The van der Waals surface area contributed by atoms with Crippen molar-refractivity contribution < 1.29 is 4.79 Å². The fourth-order valence-electron chi connectivity index (χ4n) is 3.73. The molecule has 1 aromatic heterocycles. The summed E-state index contributed by atoms with van der Waals surface area (Å²) in [7, 11) is 0. The van der Waals surface area contributed by atoms with Gasteiger partial charge in [0.15, 0.2) is 0 Å². The molecular formula is C20H26N4O. The Morgan fingerprint density at radius 3 is 2.56 bits per heavy atom. The van der Waals surface area contributed by atoms with Crippen molar-refractivity contribution in [2.45, 2.75) is 33.4 Å². The Bertz CT molecular complexity index is 694. The maximum atomic E-state index is 12.2. The fraction of sp³-hybridized carbons (Fsp3) is 0.450. The van der Waals surface area contributed by atoms with Gasteiger partial charge in [0, 0.05) is 38.6 Å². The minimum absolute atomic E-state index is 0.192. The maximum absolute atomic E-state index is 12.2. The Hall–Kier alpha value is -2.27. The molecule has 5 nitrogen and oxygen atoms in total. The SMILES string of the molecule is C[C@@H]1C[C@H](C)CN(Cc2ccccc2CNC(=O)c2cnccn2)C1. The number of nitrogens with zero attached hydrogens (tertiary/aromatic N) is 3. The van der Waals surface area contributed by atoms with Crippen molar-refractivity contribution in [3.8, 4) is 0 Å². The number of carbonyl (C=O) groups is 1. The minimum atomic E-state index is -0.192. The number of hydrogen-bond acceptors (Lipinski definition) is 4. The normalized spacial score (nSPS) is 21.0. The van der Waals surface area contributed by atoms with Gasteiger partial charge in [-0.3, -0.25) is 14.7 Å². The van der Waals surface area contributed by atoms with Crippen LogP contribution < -0.4 is 5.32 Å². The number of rotatable bonds is 5. The van der Waals surface area contributed by atoms with E-state index in [4.69, 9.17) is 0 Å². The molecule has 1 aromatic carbocycles. The summed E-state index contributed by atoms with van der Waals surface area (Å²) in [6.07, 6.45) is 5.89. The lowest BCUT2D eigenvalue weighted by atomic mass is 9.91. The number of hydrogen-bond donors (Lipinski definition) is 1. The fourth-order valence-corrected chi connectivity index (χ4v) is 3.73. The zero-order chi connectivity index (χ0) is 17.6. The molecule has 2 aromatic rings. The van der Waals surface area contributed by atoms with Crippen LogP contribution in [0.3, 0.4) is 0 Å². The van der Waals surface area contributed by atoms with Crippen molar-refractivity contribution in [3.05, 3.63) is 59.7 Å². The summed E-state index contributed by atoms with van der Waals surface area (Å²) < 4.78 is 0. The lowest BCUT2D eigenvalue weighted by Crippen LogP contribution is -2.38. The Morgan fingerprint density at radius 2 is 1.88 bits per heavy atom. The minimum Gasteiger partial charge on any atom is -0.347 e. The van der Waals surface area contributed by atoms with E-state index in [2.05, 4.69) is 52.2 Å². The van der Waals surface area contributed by atoms with Gasteiger partial charge in [-0.2, -0.15) is 0 Å². The highest BCUT2D eigenvalue weighted by Crippen LogP contribution is 2.23. The third-order valence-corrected chi connectivity index (χ3v) is 4.69. The van der Waals surface area contributed by atoms with Crippen molar-refractivity contribution in [2.24, 2.45) is 11.8 Å². The zero-order valence-corrected chi connectivity index (χ0v) is 15.0. The van der Waals surface area contributed by atoms with Gasteiger partial charge in [0.2, 0.25) is 0 Å². The zero-order valence-electron chi connectivity index (χ0n) is 15.0. The van der Waals surface area contributed by atoms with Gasteiger partial charge in [0.25, 0.3) is 5.91 Å². The van der Waals surface area contributed by atoms with E-state index in [-0.39, 0.29) is 5.91 Å². The summed E-state index contributed by atoms with van der Waals surface area (Å²) in [5, 5.41) is 2.95. The van der Waals surface area contributed by atoms with E-state index >= 15 is 0 Å². The average Bonchev–Trinajstić information content (AvgIpc) is 2.60. The highest BCUT2D eigenvalue weighted by Gasteiger charge is 2.22. The molecule has 3 rings (SSSR count). The third-order valence-electron chi connectivity index (χ3n) is 4.69. The Kier molecular flexibility index (Phi) is 5.76.